The summed E-state index contributed by atoms with van der Waals surface area (Å²) in [5.41, 5.74) is 1.00. The lowest BCUT2D eigenvalue weighted by molar-refractivity contribution is 0.0981. The van der Waals surface area contributed by atoms with Crippen LogP contribution in [0, 0.1) is 0 Å². The third-order valence-corrected chi connectivity index (χ3v) is 4.64. The maximum Gasteiger partial charge on any atom is 0.228 e. The lowest BCUT2D eigenvalue weighted by Crippen LogP contribution is -2.34. The maximum absolute atomic E-state index is 11.9. The van der Waals surface area contributed by atoms with Crippen LogP contribution in [-0.4, -0.2) is 32.6 Å². The van der Waals surface area contributed by atoms with Crippen molar-refractivity contribution in [2.75, 3.05) is 14.1 Å². The van der Waals surface area contributed by atoms with Crippen LogP contribution in [0.25, 0.3) is 0 Å². The SMILES string of the molecule is CN(C)S(=O)(=O)C1C(=O)c2ccc1cc2.Cl.N. The summed E-state index contributed by atoms with van der Waals surface area (Å²) >= 11 is 0. The molecule has 7 heteroatoms. The average Bonchev–Trinajstić information content (AvgIpc) is 2.18. The third kappa shape index (κ3) is 2.35. The van der Waals surface area contributed by atoms with E-state index >= 15 is 0 Å². The van der Waals surface area contributed by atoms with Crippen LogP contribution in [0.3, 0.4) is 0 Å². The summed E-state index contributed by atoms with van der Waals surface area (Å²) in [6.45, 7) is 0. The summed E-state index contributed by atoms with van der Waals surface area (Å²) in [7, 11) is -0.688. The van der Waals surface area contributed by atoms with Crippen LogP contribution >= 0.6 is 12.4 Å². The number of hydrogen-bond acceptors (Lipinski definition) is 4. The van der Waals surface area contributed by atoms with Gasteiger partial charge in [0, 0.05) is 19.7 Å². The number of fused-ring (bicyclic) bond motifs is 3. The summed E-state index contributed by atoms with van der Waals surface area (Å²) < 4.78 is 24.9. The minimum absolute atomic E-state index is 0. The normalized spacial score (nSPS) is 17.6. The van der Waals surface area contributed by atoms with E-state index in [0.717, 1.165) is 4.31 Å². The first kappa shape index (κ1) is 16.1. The molecule has 0 aromatic heterocycles. The van der Waals surface area contributed by atoms with E-state index in [1.54, 1.807) is 24.3 Å². The van der Waals surface area contributed by atoms with Crippen molar-refractivity contribution in [1.29, 1.82) is 0 Å². The van der Waals surface area contributed by atoms with Crippen LogP contribution in [0.5, 0.6) is 0 Å². The topological polar surface area (TPSA) is 89.5 Å². The van der Waals surface area contributed by atoms with E-state index in [1.807, 2.05) is 0 Å². The molecule has 2 aliphatic carbocycles. The van der Waals surface area contributed by atoms with Crippen molar-refractivity contribution in [2.45, 2.75) is 5.25 Å². The highest BCUT2D eigenvalue weighted by molar-refractivity contribution is 7.90. The van der Waals surface area contributed by atoms with E-state index in [4.69, 9.17) is 0 Å². The largest absolute Gasteiger partial charge is 0.344 e. The number of sulfonamides is 1. The molecule has 2 bridgehead atoms. The van der Waals surface area contributed by atoms with Gasteiger partial charge in [-0.2, -0.15) is 0 Å². The highest BCUT2D eigenvalue weighted by Crippen LogP contribution is 2.32. The van der Waals surface area contributed by atoms with Crippen molar-refractivity contribution in [3.63, 3.8) is 0 Å². The molecule has 0 spiro atoms. The lowest BCUT2D eigenvalue weighted by atomic mass is 9.95. The number of carbonyl (C=O) groups is 1. The van der Waals surface area contributed by atoms with Gasteiger partial charge in [0.15, 0.2) is 11.0 Å². The molecule has 1 aromatic carbocycles. The molecule has 1 atom stereocenters. The number of benzene rings is 1. The third-order valence-electron chi connectivity index (χ3n) is 2.54. The summed E-state index contributed by atoms with van der Waals surface area (Å²) in [6.07, 6.45) is 0. The number of hydrogen-bond donors (Lipinski definition) is 1. The van der Waals surface area contributed by atoms with Gasteiger partial charge in [-0.05, 0) is 5.56 Å². The molecule has 0 amide bonds. The second-order valence-corrected chi connectivity index (χ2v) is 5.93. The molecule has 3 N–H and O–H groups in total. The highest BCUT2D eigenvalue weighted by Gasteiger charge is 2.38. The van der Waals surface area contributed by atoms with Crippen LogP contribution in [-0.2, 0) is 10.0 Å². The highest BCUT2D eigenvalue weighted by atomic mass is 35.5. The second kappa shape index (κ2) is 5.14. The first-order valence-electron chi connectivity index (χ1n) is 4.50. The van der Waals surface area contributed by atoms with E-state index < -0.39 is 15.3 Å². The van der Waals surface area contributed by atoms with Crippen molar-refractivity contribution >= 4 is 28.2 Å². The van der Waals surface area contributed by atoms with Crippen molar-refractivity contribution in [2.24, 2.45) is 0 Å². The zero-order valence-electron chi connectivity index (χ0n) is 9.58. The van der Waals surface area contributed by atoms with Gasteiger partial charge in [-0.1, -0.05) is 24.3 Å². The molecule has 0 fully saturated rings. The second-order valence-electron chi connectivity index (χ2n) is 3.69. The van der Waals surface area contributed by atoms with E-state index in [1.165, 1.54) is 14.1 Å². The van der Waals surface area contributed by atoms with E-state index in [2.05, 4.69) is 0 Å². The Morgan fingerprint density at radius 1 is 1.12 bits per heavy atom. The van der Waals surface area contributed by atoms with Gasteiger partial charge in [-0.25, -0.2) is 12.7 Å². The number of halogens is 1. The molecule has 5 nitrogen and oxygen atoms in total. The molecule has 2 aliphatic rings. The lowest BCUT2D eigenvalue weighted by Gasteiger charge is -2.24. The quantitative estimate of drug-likeness (QED) is 0.885. The Kier molecular flexibility index (Phi) is 4.85. The summed E-state index contributed by atoms with van der Waals surface area (Å²) in [5.74, 6) is -0.330. The summed E-state index contributed by atoms with van der Waals surface area (Å²) in [4.78, 5) is 11.8. The molecule has 0 radical (unpaired) electrons. The monoisotopic (exact) mass is 278 g/mol. The molecular formula is C10H15ClN2O3S. The predicted octanol–water partition coefficient (Wildman–Crippen LogP) is 1.40. The first-order chi connectivity index (χ1) is 6.94. The van der Waals surface area contributed by atoms with Crippen molar-refractivity contribution in [1.82, 2.24) is 10.5 Å². The number of ketones is 1. The fourth-order valence-electron chi connectivity index (χ4n) is 1.64. The van der Waals surface area contributed by atoms with Crippen LogP contribution in [0.1, 0.15) is 21.2 Å². The van der Waals surface area contributed by atoms with Gasteiger partial charge in [0.25, 0.3) is 0 Å². The Bertz CT molecular complexity index is 511. The number of Topliss-reactive ketones (excluding diaryl/α,β-unsaturated/α-hetero) is 1. The molecular weight excluding hydrogens is 264 g/mol. The van der Waals surface area contributed by atoms with Crippen LogP contribution in [0.2, 0.25) is 0 Å². The van der Waals surface area contributed by atoms with Crippen LogP contribution in [0.15, 0.2) is 24.3 Å². The molecule has 96 valence electrons. The minimum atomic E-state index is -3.56. The summed E-state index contributed by atoms with van der Waals surface area (Å²) in [6, 6.07) is 6.67. The Morgan fingerprint density at radius 3 is 1.94 bits per heavy atom. The molecule has 0 aliphatic heterocycles. The maximum atomic E-state index is 11.9. The van der Waals surface area contributed by atoms with E-state index in [9.17, 15) is 13.2 Å². The Balaban J connectivity index is 0.00000128. The standard InChI is InChI=1S/C10H11NO3S.ClH.H3N/c1-11(2)15(13,14)10-8-5-3-7(4-6-8)9(10)12;;/h3-6,10H,1-2H3;1H;1H3. The zero-order chi connectivity index (χ0) is 11.2. The minimum Gasteiger partial charge on any atom is -0.344 e. The van der Waals surface area contributed by atoms with Crippen molar-refractivity contribution in [3.8, 4) is 0 Å². The van der Waals surface area contributed by atoms with E-state index in [0.29, 0.717) is 11.1 Å². The zero-order valence-corrected chi connectivity index (χ0v) is 11.2. The Hall–Kier alpha value is -0.950. The van der Waals surface area contributed by atoms with Gasteiger partial charge in [-0.15, -0.1) is 12.4 Å². The van der Waals surface area contributed by atoms with Gasteiger partial charge in [0.05, 0.1) is 0 Å². The predicted molar refractivity (Wildman–Crippen MR) is 68.4 cm³/mol. The molecule has 1 aromatic rings. The van der Waals surface area contributed by atoms with Gasteiger partial charge < -0.3 is 6.15 Å². The van der Waals surface area contributed by atoms with Crippen molar-refractivity contribution in [3.05, 3.63) is 35.4 Å². The summed E-state index contributed by atoms with van der Waals surface area (Å²) in [5, 5.41) is -1.04. The average molecular weight is 279 g/mol. The fraction of sp³-hybridized carbons (Fsp3) is 0.300. The van der Waals surface area contributed by atoms with Crippen LogP contribution in [0.4, 0.5) is 0 Å². The molecule has 17 heavy (non-hydrogen) atoms. The number of nitrogens with zero attached hydrogens (tertiary/aromatic N) is 1. The molecule has 1 unspecified atom stereocenters. The Labute approximate surface area is 107 Å². The van der Waals surface area contributed by atoms with Gasteiger partial charge in [-0.3, -0.25) is 4.79 Å². The smallest absolute Gasteiger partial charge is 0.228 e. The van der Waals surface area contributed by atoms with Gasteiger partial charge >= 0.3 is 0 Å². The molecule has 0 heterocycles. The van der Waals surface area contributed by atoms with Crippen molar-refractivity contribution < 1.29 is 13.2 Å². The molecule has 3 rings (SSSR count). The first-order valence-corrected chi connectivity index (χ1v) is 6.00. The molecule has 0 saturated heterocycles. The van der Waals surface area contributed by atoms with E-state index in [-0.39, 0.29) is 24.3 Å². The molecule has 0 saturated carbocycles. The number of carbonyl (C=O) groups excluding carboxylic acids is 1. The number of rotatable bonds is 2. The fourth-order valence-corrected chi connectivity index (χ4v) is 2.97. The van der Waals surface area contributed by atoms with Gasteiger partial charge in [0.2, 0.25) is 10.0 Å². The van der Waals surface area contributed by atoms with Crippen LogP contribution < -0.4 is 6.15 Å². The Morgan fingerprint density at radius 2 is 1.59 bits per heavy atom. The van der Waals surface area contributed by atoms with Gasteiger partial charge in [0.1, 0.15) is 0 Å².